The van der Waals surface area contributed by atoms with E-state index in [9.17, 15) is 0 Å². The van der Waals surface area contributed by atoms with Crippen LogP contribution in [0.5, 0.6) is 11.5 Å². The van der Waals surface area contributed by atoms with E-state index in [0.29, 0.717) is 12.5 Å². The molecule has 2 aromatic carbocycles. The highest BCUT2D eigenvalue weighted by atomic mass is 16.5. The van der Waals surface area contributed by atoms with Crippen LogP contribution in [0, 0.1) is 0 Å². The van der Waals surface area contributed by atoms with E-state index in [1.165, 1.54) is 5.56 Å². The van der Waals surface area contributed by atoms with Crippen molar-refractivity contribution in [3.63, 3.8) is 0 Å². The van der Waals surface area contributed by atoms with Crippen molar-refractivity contribution >= 4 is 0 Å². The molecule has 18 heavy (non-hydrogen) atoms. The van der Waals surface area contributed by atoms with Crippen molar-refractivity contribution in [2.75, 3.05) is 0 Å². The van der Waals surface area contributed by atoms with Crippen LogP contribution in [0.3, 0.4) is 0 Å². The number of nitrogens with two attached hydrogens (primary N) is 1. The maximum atomic E-state index is 6.01. The monoisotopic (exact) mass is 241 g/mol. The summed E-state index contributed by atoms with van der Waals surface area (Å²) in [7, 11) is 0. The van der Waals surface area contributed by atoms with Gasteiger partial charge in [0.15, 0.2) is 0 Å². The molecule has 0 fully saturated rings. The maximum absolute atomic E-state index is 6.01. The molecule has 0 saturated heterocycles. The van der Waals surface area contributed by atoms with Crippen LogP contribution in [0.25, 0.3) is 0 Å². The number of benzene rings is 2. The Hall–Kier alpha value is -1.80. The molecule has 0 amide bonds. The largest absolute Gasteiger partial charge is 0.457 e. The van der Waals surface area contributed by atoms with Gasteiger partial charge in [0.2, 0.25) is 0 Å². The second-order valence-corrected chi connectivity index (χ2v) is 4.61. The topological polar surface area (TPSA) is 35.2 Å². The zero-order valence-electron chi connectivity index (χ0n) is 10.9. The molecule has 0 atom stereocenters. The quantitative estimate of drug-likeness (QED) is 0.876. The molecule has 0 saturated carbocycles. The lowest BCUT2D eigenvalue weighted by atomic mass is 10.0. The third-order valence-corrected chi connectivity index (χ3v) is 2.95. The Morgan fingerprint density at radius 2 is 1.56 bits per heavy atom. The van der Waals surface area contributed by atoms with Crippen LogP contribution in [-0.4, -0.2) is 0 Å². The first kappa shape index (κ1) is 12.7. The Bertz CT molecular complexity index is 520. The number of ether oxygens (including phenoxy) is 1. The number of hydrogen-bond donors (Lipinski definition) is 1. The van der Waals surface area contributed by atoms with Gasteiger partial charge in [0.25, 0.3) is 0 Å². The van der Waals surface area contributed by atoms with Crippen LogP contribution >= 0.6 is 0 Å². The smallest absolute Gasteiger partial charge is 0.131 e. The fourth-order valence-corrected chi connectivity index (χ4v) is 1.94. The van der Waals surface area contributed by atoms with Crippen LogP contribution in [0.1, 0.15) is 30.9 Å². The van der Waals surface area contributed by atoms with E-state index in [1.807, 2.05) is 42.5 Å². The van der Waals surface area contributed by atoms with Gasteiger partial charge in [-0.3, -0.25) is 0 Å². The minimum absolute atomic E-state index is 0.436. The molecule has 0 aliphatic heterocycles. The Morgan fingerprint density at radius 1 is 0.944 bits per heavy atom. The van der Waals surface area contributed by atoms with Crippen molar-refractivity contribution in [2.24, 2.45) is 5.73 Å². The van der Waals surface area contributed by atoms with E-state index in [2.05, 4.69) is 19.9 Å². The van der Waals surface area contributed by atoms with Crippen molar-refractivity contribution < 1.29 is 4.74 Å². The van der Waals surface area contributed by atoms with Gasteiger partial charge in [-0.15, -0.1) is 0 Å². The summed E-state index contributed by atoms with van der Waals surface area (Å²) >= 11 is 0. The zero-order chi connectivity index (χ0) is 13.0. The molecule has 94 valence electrons. The fourth-order valence-electron chi connectivity index (χ4n) is 1.94. The summed E-state index contributed by atoms with van der Waals surface area (Å²) in [5.41, 5.74) is 7.96. The van der Waals surface area contributed by atoms with Gasteiger partial charge in [-0.1, -0.05) is 50.2 Å². The van der Waals surface area contributed by atoms with E-state index in [1.54, 1.807) is 0 Å². The molecule has 0 unspecified atom stereocenters. The molecule has 0 radical (unpaired) electrons. The Kier molecular flexibility index (Phi) is 4.00. The van der Waals surface area contributed by atoms with Crippen LogP contribution in [0.2, 0.25) is 0 Å². The molecule has 0 aromatic heterocycles. The number of rotatable bonds is 4. The summed E-state index contributed by atoms with van der Waals surface area (Å²) in [5, 5.41) is 0. The highest BCUT2D eigenvalue weighted by Crippen LogP contribution is 2.31. The highest BCUT2D eigenvalue weighted by molar-refractivity contribution is 5.42. The van der Waals surface area contributed by atoms with Crippen LogP contribution < -0.4 is 10.5 Å². The van der Waals surface area contributed by atoms with Crippen molar-refractivity contribution in [3.05, 3.63) is 59.7 Å². The summed E-state index contributed by atoms with van der Waals surface area (Å²) in [6.07, 6.45) is 0. The Morgan fingerprint density at radius 3 is 2.22 bits per heavy atom. The minimum Gasteiger partial charge on any atom is -0.457 e. The number of para-hydroxylation sites is 2. The normalized spacial score (nSPS) is 10.7. The lowest BCUT2D eigenvalue weighted by molar-refractivity contribution is 0.467. The molecule has 0 bridgehead atoms. The first-order chi connectivity index (χ1) is 8.72. The van der Waals surface area contributed by atoms with Crippen molar-refractivity contribution in [3.8, 4) is 11.5 Å². The van der Waals surface area contributed by atoms with Crippen molar-refractivity contribution in [1.29, 1.82) is 0 Å². The van der Waals surface area contributed by atoms with Gasteiger partial charge in [0.05, 0.1) is 0 Å². The molecule has 2 N–H and O–H groups in total. The van der Waals surface area contributed by atoms with E-state index >= 15 is 0 Å². The van der Waals surface area contributed by atoms with E-state index < -0.39 is 0 Å². The maximum Gasteiger partial charge on any atom is 0.131 e. The minimum atomic E-state index is 0.436. The van der Waals surface area contributed by atoms with Gasteiger partial charge < -0.3 is 10.5 Å². The van der Waals surface area contributed by atoms with Crippen LogP contribution in [0.4, 0.5) is 0 Å². The number of hydrogen-bond acceptors (Lipinski definition) is 2. The lowest BCUT2D eigenvalue weighted by Gasteiger charge is -2.15. The summed E-state index contributed by atoms with van der Waals surface area (Å²) in [4.78, 5) is 0. The molecule has 2 nitrogen and oxygen atoms in total. The van der Waals surface area contributed by atoms with Gasteiger partial charge in [-0.05, 0) is 23.6 Å². The van der Waals surface area contributed by atoms with Crippen LogP contribution in [0.15, 0.2) is 48.5 Å². The fraction of sp³-hybridized carbons (Fsp3) is 0.250. The van der Waals surface area contributed by atoms with Crippen LogP contribution in [-0.2, 0) is 6.54 Å². The molecule has 0 spiro atoms. The third kappa shape index (κ3) is 2.71. The van der Waals surface area contributed by atoms with Gasteiger partial charge in [0, 0.05) is 12.1 Å². The molecular formula is C16H19NO. The molecule has 0 aliphatic rings. The molecule has 2 rings (SSSR count). The van der Waals surface area contributed by atoms with E-state index in [-0.39, 0.29) is 0 Å². The van der Waals surface area contributed by atoms with Gasteiger partial charge in [-0.2, -0.15) is 0 Å². The first-order valence-corrected chi connectivity index (χ1v) is 6.27. The summed E-state index contributed by atoms with van der Waals surface area (Å²) in [6.45, 7) is 4.81. The van der Waals surface area contributed by atoms with E-state index in [4.69, 9.17) is 10.5 Å². The molecule has 0 heterocycles. The lowest BCUT2D eigenvalue weighted by Crippen LogP contribution is -2.00. The molecule has 2 heteroatoms. The Balaban J connectivity index is 2.34. The van der Waals surface area contributed by atoms with Gasteiger partial charge >= 0.3 is 0 Å². The average Bonchev–Trinajstić information content (AvgIpc) is 2.40. The summed E-state index contributed by atoms with van der Waals surface area (Å²) < 4.78 is 6.01. The average molecular weight is 241 g/mol. The SMILES string of the molecule is CC(C)c1ccccc1Oc1ccccc1CN. The predicted molar refractivity (Wildman–Crippen MR) is 74.9 cm³/mol. The predicted octanol–water partition coefficient (Wildman–Crippen LogP) is 4.06. The molecule has 2 aromatic rings. The second-order valence-electron chi connectivity index (χ2n) is 4.61. The summed E-state index contributed by atoms with van der Waals surface area (Å²) in [5.74, 6) is 2.19. The standard InChI is InChI=1S/C16H19NO/c1-12(2)14-8-4-6-10-16(14)18-15-9-5-3-7-13(15)11-17/h3-10,12H,11,17H2,1-2H3. The highest BCUT2D eigenvalue weighted by Gasteiger charge is 2.09. The third-order valence-electron chi connectivity index (χ3n) is 2.95. The molecular weight excluding hydrogens is 222 g/mol. The Labute approximate surface area is 108 Å². The van der Waals surface area contributed by atoms with Crippen molar-refractivity contribution in [2.45, 2.75) is 26.3 Å². The summed E-state index contributed by atoms with van der Waals surface area (Å²) in [6, 6.07) is 16.0. The van der Waals surface area contributed by atoms with E-state index in [0.717, 1.165) is 17.1 Å². The van der Waals surface area contributed by atoms with Gasteiger partial charge in [-0.25, -0.2) is 0 Å². The first-order valence-electron chi connectivity index (χ1n) is 6.27. The van der Waals surface area contributed by atoms with Gasteiger partial charge in [0.1, 0.15) is 11.5 Å². The second kappa shape index (κ2) is 5.69. The molecule has 0 aliphatic carbocycles. The zero-order valence-corrected chi connectivity index (χ0v) is 10.9. The van der Waals surface area contributed by atoms with Crippen molar-refractivity contribution in [1.82, 2.24) is 0 Å².